The van der Waals surface area contributed by atoms with Crippen LogP contribution >= 0.6 is 9.24 Å². The zero-order chi connectivity index (χ0) is 8.36. The van der Waals surface area contributed by atoms with Gasteiger partial charge < -0.3 is 5.11 Å². The van der Waals surface area contributed by atoms with Crippen LogP contribution in [0.25, 0.3) is 0 Å². The van der Waals surface area contributed by atoms with Crippen molar-refractivity contribution in [3.63, 3.8) is 0 Å². The molecule has 0 spiro atoms. The van der Waals surface area contributed by atoms with E-state index in [2.05, 4.69) is 0 Å². The van der Waals surface area contributed by atoms with Gasteiger partial charge in [0.1, 0.15) is 5.52 Å². The summed E-state index contributed by atoms with van der Waals surface area (Å²) in [6.07, 6.45) is 0.0625. The van der Waals surface area contributed by atoms with Crippen molar-refractivity contribution in [2.24, 2.45) is 5.41 Å². The van der Waals surface area contributed by atoms with Crippen molar-refractivity contribution < 1.29 is 14.7 Å². The molecule has 0 rings (SSSR count). The summed E-state index contributed by atoms with van der Waals surface area (Å²) < 4.78 is 0. The Morgan fingerprint density at radius 3 is 2.00 bits per heavy atom. The lowest BCUT2D eigenvalue weighted by molar-refractivity contribution is -0.148. The summed E-state index contributed by atoms with van der Waals surface area (Å²) in [4.78, 5) is 20.9. The van der Waals surface area contributed by atoms with Crippen molar-refractivity contribution in [2.75, 3.05) is 0 Å². The summed E-state index contributed by atoms with van der Waals surface area (Å²) >= 11 is 0. The van der Waals surface area contributed by atoms with Crippen LogP contribution in [0.4, 0.5) is 0 Å². The molecule has 0 aromatic heterocycles. The van der Waals surface area contributed by atoms with Crippen LogP contribution < -0.4 is 0 Å². The van der Waals surface area contributed by atoms with Gasteiger partial charge in [-0.25, -0.2) is 0 Å². The van der Waals surface area contributed by atoms with E-state index in [0.717, 1.165) is 0 Å². The molecule has 0 fully saturated rings. The van der Waals surface area contributed by atoms with Gasteiger partial charge in [-0.2, -0.15) is 0 Å². The van der Waals surface area contributed by atoms with Gasteiger partial charge in [-0.05, 0) is 13.8 Å². The van der Waals surface area contributed by atoms with Gasteiger partial charge in [-0.3, -0.25) is 9.59 Å². The Hall–Kier alpha value is -0.430. The van der Waals surface area contributed by atoms with Gasteiger partial charge in [0.25, 0.3) is 0 Å². The normalized spacial score (nSPS) is 11.1. The first-order chi connectivity index (χ1) is 4.36. The summed E-state index contributed by atoms with van der Waals surface area (Å²) in [5, 5.41) is 8.53. The highest BCUT2D eigenvalue weighted by Crippen LogP contribution is 2.21. The lowest BCUT2D eigenvalue weighted by atomic mass is 9.90. The van der Waals surface area contributed by atoms with E-state index in [4.69, 9.17) is 5.11 Å². The number of carboxylic acids is 1. The Morgan fingerprint density at radius 2 is 1.90 bits per heavy atom. The fourth-order valence-electron chi connectivity index (χ4n) is 0.511. The summed E-state index contributed by atoms with van der Waals surface area (Å²) in [6.45, 7) is 3.05. The number of aliphatic carboxylic acids is 1. The third-order valence-corrected chi connectivity index (χ3v) is 1.40. The molecule has 3 nitrogen and oxygen atoms in total. The molecule has 0 bridgehead atoms. The van der Waals surface area contributed by atoms with Gasteiger partial charge in [0, 0.05) is 6.42 Å². The third kappa shape index (κ3) is 2.92. The van der Waals surface area contributed by atoms with E-state index in [0.29, 0.717) is 0 Å². The minimum atomic E-state index is -0.941. The third-order valence-electron chi connectivity index (χ3n) is 1.20. The predicted molar refractivity (Wildman–Crippen MR) is 40.8 cm³/mol. The molecule has 0 saturated heterocycles. The quantitative estimate of drug-likeness (QED) is 0.627. The molecule has 1 N–H and O–H groups in total. The number of carboxylic acid groups (broad SMARTS) is 1. The minimum absolute atomic E-state index is 0.0625. The van der Waals surface area contributed by atoms with Crippen LogP contribution in [-0.4, -0.2) is 16.6 Å². The molecule has 0 aliphatic heterocycles. The number of carbonyl (C=O) groups excluding carboxylic acids is 1. The molecule has 0 saturated carbocycles. The first-order valence-corrected chi connectivity index (χ1v) is 3.45. The lowest BCUT2D eigenvalue weighted by Crippen LogP contribution is -2.25. The van der Waals surface area contributed by atoms with Crippen LogP contribution in [0.2, 0.25) is 0 Å². The van der Waals surface area contributed by atoms with E-state index < -0.39 is 11.4 Å². The SMILES string of the molecule is CC(C)(CC(=O)P)C(=O)O. The largest absolute Gasteiger partial charge is 0.481 e. The molecule has 0 aliphatic rings. The molecular weight excluding hydrogens is 151 g/mol. The summed E-state index contributed by atoms with van der Waals surface area (Å²) in [6, 6.07) is 0. The van der Waals surface area contributed by atoms with Crippen LogP contribution in [0, 0.1) is 5.41 Å². The van der Waals surface area contributed by atoms with Crippen molar-refractivity contribution in [2.45, 2.75) is 20.3 Å². The molecule has 0 amide bonds. The molecule has 10 heavy (non-hydrogen) atoms. The molecule has 0 radical (unpaired) electrons. The maximum absolute atomic E-state index is 10.5. The molecule has 0 aromatic carbocycles. The topological polar surface area (TPSA) is 54.4 Å². The zero-order valence-corrected chi connectivity index (χ0v) is 7.20. The lowest BCUT2D eigenvalue weighted by Gasteiger charge is -2.15. The van der Waals surface area contributed by atoms with E-state index >= 15 is 0 Å². The van der Waals surface area contributed by atoms with Gasteiger partial charge in [0.05, 0.1) is 5.41 Å². The second-order valence-corrected chi connectivity index (χ2v) is 3.48. The molecule has 1 atom stereocenters. The van der Waals surface area contributed by atoms with Crippen LogP contribution in [-0.2, 0) is 9.59 Å². The van der Waals surface area contributed by atoms with Gasteiger partial charge in [-0.1, -0.05) is 9.24 Å². The Morgan fingerprint density at radius 1 is 1.50 bits per heavy atom. The van der Waals surface area contributed by atoms with Gasteiger partial charge in [0.15, 0.2) is 0 Å². The minimum Gasteiger partial charge on any atom is -0.481 e. The number of hydrogen-bond acceptors (Lipinski definition) is 2. The molecule has 4 heteroatoms. The first kappa shape index (κ1) is 9.57. The highest BCUT2D eigenvalue weighted by atomic mass is 31.0. The van der Waals surface area contributed by atoms with E-state index in [1.807, 2.05) is 9.24 Å². The highest BCUT2D eigenvalue weighted by molar-refractivity contribution is 7.40. The number of carbonyl (C=O) groups is 2. The zero-order valence-electron chi connectivity index (χ0n) is 6.05. The van der Waals surface area contributed by atoms with Crippen LogP contribution in [0.15, 0.2) is 0 Å². The molecule has 0 aliphatic carbocycles. The van der Waals surface area contributed by atoms with Crippen molar-refractivity contribution in [1.82, 2.24) is 0 Å². The molecule has 0 aromatic rings. The maximum atomic E-state index is 10.5. The fourth-order valence-corrected chi connectivity index (χ4v) is 1.02. The Bertz CT molecular complexity index is 162. The average Bonchev–Trinajstić information content (AvgIpc) is 1.60. The van der Waals surface area contributed by atoms with Crippen molar-refractivity contribution >= 4 is 20.7 Å². The monoisotopic (exact) mass is 162 g/mol. The summed E-state index contributed by atoms with van der Waals surface area (Å²) in [5.74, 6) is -0.941. The maximum Gasteiger partial charge on any atom is 0.309 e. The van der Waals surface area contributed by atoms with Gasteiger partial charge in [-0.15, -0.1) is 0 Å². The van der Waals surface area contributed by atoms with E-state index in [1.54, 1.807) is 0 Å². The molecule has 58 valence electrons. The predicted octanol–water partition coefficient (Wildman–Crippen LogP) is 0.889. The fraction of sp³-hybridized carbons (Fsp3) is 0.667. The number of rotatable bonds is 3. The van der Waals surface area contributed by atoms with Crippen LogP contribution in [0.3, 0.4) is 0 Å². The highest BCUT2D eigenvalue weighted by Gasteiger charge is 2.28. The Kier molecular flexibility index (Phi) is 2.97. The Labute approximate surface area is 62.0 Å². The van der Waals surface area contributed by atoms with Crippen molar-refractivity contribution in [3.05, 3.63) is 0 Å². The standard InChI is InChI=1S/C6H11O3P/c1-6(2,5(8)9)3-4(7)10/h3,10H2,1-2H3,(H,8,9). The van der Waals surface area contributed by atoms with Crippen molar-refractivity contribution in [3.8, 4) is 0 Å². The van der Waals surface area contributed by atoms with Gasteiger partial charge >= 0.3 is 5.97 Å². The first-order valence-electron chi connectivity index (χ1n) is 2.88. The summed E-state index contributed by atoms with van der Waals surface area (Å²) in [7, 11) is 1.96. The van der Waals surface area contributed by atoms with E-state index in [9.17, 15) is 9.59 Å². The molecular formula is C6H11O3P. The second-order valence-electron chi connectivity index (χ2n) is 2.83. The average molecular weight is 162 g/mol. The number of hydrogen-bond donors (Lipinski definition) is 1. The van der Waals surface area contributed by atoms with E-state index in [-0.39, 0.29) is 11.9 Å². The van der Waals surface area contributed by atoms with E-state index in [1.165, 1.54) is 13.8 Å². The molecule has 1 unspecified atom stereocenters. The second kappa shape index (κ2) is 3.11. The smallest absolute Gasteiger partial charge is 0.309 e. The summed E-state index contributed by atoms with van der Waals surface area (Å²) in [5.41, 5.74) is -1.11. The van der Waals surface area contributed by atoms with Crippen LogP contribution in [0.1, 0.15) is 20.3 Å². The molecule has 0 heterocycles. The Balaban J connectivity index is 4.13. The van der Waals surface area contributed by atoms with Gasteiger partial charge in [0.2, 0.25) is 0 Å². The van der Waals surface area contributed by atoms with Crippen LogP contribution in [0.5, 0.6) is 0 Å². The van der Waals surface area contributed by atoms with Crippen molar-refractivity contribution in [1.29, 1.82) is 0 Å².